The number of carboxylic acids is 1. The molecule has 0 aliphatic carbocycles. The fourth-order valence-electron chi connectivity index (χ4n) is 2.36. The zero-order valence-electron chi connectivity index (χ0n) is 11.7. The number of benzene rings is 1. The van der Waals surface area contributed by atoms with Gasteiger partial charge in [-0.3, -0.25) is 4.79 Å². The summed E-state index contributed by atoms with van der Waals surface area (Å²) in [5.74, 6) is -1.32. The summed E-state index contributed by atoms with van der Waals surface area (Å²) in [6.45, 7) is 4.29. The van der Waals surface area contributed by atoms with Crippen LogP contribution in [0, 0.1) is 13.8 Å². The first-order chi connectivity index (χ1) is 9.43. The first-order valence-electron chi connectivity index (χ1n) is 6.61. The summed E-state index contributed by atoms with van der Waals surface area (Å²) in [7, 11) is 0. The van der Waals surface area contributed by atoms with Gasteiger partial charge in [-0.05, 0) is 25.0 Å². The summed E-state index contributed by atoms with van der Waals surface area (Å²) in [5, 5.41) is 11.9. The van der Waals surface area contributed by atoms with Gasteiger partial charge in [0.1, 0.15) is 0 Å². The fraction of sp³-hybridized carbons (Fsp3) is 0.467. The number of hydrogen-bond donors (Lipinski definition) is 2. The van der Waals surface area contributed by atoms with E-state index in [9.17, 15) is 14.7 Å². The molecular weight excluding hydrogens is 258 g/mol. The Balaban J connectivity index is 2.08. The lowest BCUT2D eigenvalue weighted by Gasteiger charge is -2.23. The van der Waals surface area contributed by atoms with Crippen molar-refractivity contribution in [2.75, 3.05) is 13.2 Å². The number of carboxylic acid groups (broad SMARTS) is 1. The molecule has 1 aromatic carbocycles. The van der Waals surface area contributed by atoms with E-state index >= 15 is 0 Å². The second kappa shape index (κ2) is 5.63. The molecule has 1 aliphatic rings. The van der Waals surface area contributed by atoms with E-state index < -0.39 is 11.5 Å². The maximum absolute atomic E-state index is 12.1. The maximum Gasteiger partial charge on any atom is 0.331 e. The lowest BCUT2D eigenvalue weighted by atomic mass is 9.97. The summed E-state index contributed by atoms with van der Waals surface area (Å²) in [5.41, 5.74) is 1.75. The van der Waals surface area contributed by atoms with Crippen LogP contribution >= 0.6 is 0 Å². The number of carbonyl (C=O) groups excluding carboxylic acids is 1. The molecule has 0 spiro atoms. The van der Waals surface area contributed by atoms with Gasteiger partial charge in [-0.15, -0.1) is 0 Å². The largest absolute Gasteiger partial charge is 0.479 e. The normalized spacial score (nSPS) is 21.7. The number of hydrogen-bond acceptors (Lipinski definition) is 3. The van der Waals surface area contributed by atoms with Crippen LogP contribution in [0.15, 0.2) is 18.2 Å². The second-order valence-corrected chi connectivity index (χ2v) is 5.34. The van der Waals surface area contributed by atoms with E-state index in [0.717, 1.165) is 16.7 Å². The molecule has 1 heterocycles. The van der Waals surface area contributed by atoms with Crippen molar-refractivity contribution in [1.82, 2.24) is 5.32 Å². The highest BCUT2D eigenvalue weighted by Crippen LogP contribution is 2.19. The number of aryl methyl sites for hydroxylation is 2. The van der Waals surface area contributed by atoms with Gasteiger partial charge in [-0.25, -0.2) is 4.79 Å². The Hall–Kier alpha value is -1.88. The van der Waals surface area contributed by atoms with Crippen molar-refractivity contribution in [3.8, 4) is 0 Å². The van der Waals surface area contributed by atoms with E-state index in [1.165, 1.54) is 0 Å². The van der Waals surface area contributed by atoms with Gasteiger partial charge in [-0.1, -0.05) is 23.8 Å². The van der Waals surface area contributed by atoms with Crippen LogP contribution in [0.5, 0.6) is 0 Å². The Labute approximate surface area is 117 Å². The standard InChI is InChI=1S/C15H19NO4/c1-10-3-4-11(2)12(7-10)8-13(17)16-15(14(18)19)5-6-20-9-15/h3-4,7H,5-6,8-9H2,1-2H3,(H,16,17)(H,18,19). The van der Waals surface area contributed by atoms with Crippen LogP contribution in [-0.4, -0.2) is 35.7 Å². The SMILES string of the molecule is Cc1ccc(C)c(CC(=O)NC2(C(=O)O)CCOC2)c1. The van der Waals surface area contributed by atoms with Crippen LogP contribution < -0.4 is 5.32 Å². The Morgan fingerprint density at radius 2 is 2.15 bits per heavy atom. The molecule has 1 atom stereocenters. The summed E-state index contributed by atoms with van der Waals surface area (Å²) < 4.78 is 5.12. The molecule has 0 radical (unpaired) electrons. The Morgan fingerprint density at radius 3 is 2.75 bits per heavy atom. The number of nitrogens with one attached hydrogen (secondary N) is 1. The van der Waals surface area contributed by atoms with Gasteiger partial charge in [0.05, 0.1) is 13.0 Å². The Morgan fingerprint density at radius 1 is 1.40 bits per heavy atom. The molecule has 0 aromatic heterocycles. The van der Waals surface area contributed by atoms with E-state index in [1.807, 2.05) is 32.0 Å². The van der Waals surface area contributed by atoms with Crippen molar-refractivity contribution < 1.29 is 19.4 Å². The molecule has 1 saturated heterocycles. The minimum absolute atomic E-state index is 0.0286. The van der Waals surface area contributed by atoms with Gasteiger partial charge < -0.3 is 15.2 Å². The summed E-state index contributed by atoms with van der Waals surface area (Å²) in [6.07, 6.45) is 0.490. The number of rotatable bonds is 4. The van der Waals surface area contributed by atoms with E-state index in [2.05, 4.69) is 5.32 Å². The van der Waals surface area contributed by atoms with Crippen molar-refractivity contribution >= 4 is 11.9 Å². The highest BCUT2D eigenvalue weighted by Gasteiger charge is 2.43. The second-order valence-electron chi connectivity index (χ2n) is 5.34. The Kier molecular flexibility index (Phi) is 4.09. The first-order valence-corrected chi connectivity index (χ1v) is 6.61. The molecule has 20 heavy (non-hydrogen) atoms. The van der Waals surface area contributed by atoms with E-state index in [-0.39, 0.29) is 18.9 Å². The zero-order chi connectivity index (χ0) is 14.8. The van der Waals surface area contributed by atoms with Crippen LogP contribution in [0.25, 0.3) is 0 Å². The van der Waals surface area contributed by atoms with Crippen molar-refractivity contribution in [1.29, 1.82) is 0 Å². The van der Waals surface area contributed by atoms with Gasteiger partial charge in [0.15, 0.2) is 5.54 Å². The predicted octanol–water partition coefficient (Wildman–Crippen LogP) is 1.21. The quantitative estimate of drug-likeness (QED) is 0.867. The summed E-state index contributed by atoms with van der Waals surface area (Å²) in [6, 6.07) is 5.90. The molecule has 108 valence electrons. The molecule has 2 N–H and O–H groups in total. The van der Waals surface area contributed by atoms with Crippen molar-refractivity contribution in [2.45, 2.75) is 32.2 Å². The molecule has 5 nitrogen and oxygen atoms in total. The average Bonchev–Trinajstić information content (AvgIpc) is 2.83. The summed E-state index contributed by atoms with van der Waals surface area (Å²) >= 11 is 0. The van der Waals surface area contributed by atoms with Crippen LogP contribution in [0.1, 0.15) is 23.1 Å². The van der Waals surface area contributed by atoms with Crippen LogP contribution in [0.4, 0.5) is 0 Å². The third-order valence-electron chi connectivity index (χ3n) is 3.67. The van der Waals surface area contributed by atoms with Crippen molar-refractivity contribution in [3.63, 3.8) is 0 Å². The van der Waals surface area contributed by atoms with Gasteiger partial charge in [-0.2, -0.15) is 0 Å². The number of aliphatic carboxylic acids is 1. The summed E-state index contributed by atoms with van der Waals surface area (Å²) in [4.78, 5) is 23.4. The molecule has 0 saturated carbocycles. The van der Waals surface area contributed by atoms with Gasteiger partial charge >= 0.3 is 5.97 Å². The molecule has 1 unspecified atom stereocenters. The van der Waals surface area contributed by atoms with Crippen LogP contribution in [0.3, 0.4) is 0 Å². The topological polar surface area (TPSA) is 75.6 Å². The number of carbonyl (C=O) groups is 2. The monoisotopic (exact) mass is 277 g/mol. The molecule has 1 aromatic rings. The van der Waals surface area contributed by atoms with Crippen molar-refractivity contribution in [3.05, 3.63) is 34.9 Å². The minimum Gasteiger partial charge on any atom is -0.479 e. The van der Waals surface area contributed by atoms with Crippen LogP contribution in [-0.2, 0) is 20.7 Å². The van der Waals surface area contributed by atoms with Crippen molar-refractivity contribution in [2.24, 2.45) is 0 Å². The number of amides is 1. The number of ether oxygens (including phenoxy) is 1. The predicted molar refractivity (Wildman–Crippen MR) is 73.6 cm³/mol. The van der Waals surface area contributed by atoms with Gasteiger partial charge in [0.2, 0.25) is 5.91 Å². The molecule has 1 aliphatic heterocycles. The molecule has 1 amide bonds. The molecule has 1 fully saturated rings. The smallest absolute Gasteiger partial charge is 0.331 e. The van der Waals surface area contributed by atoms with Gasteiger partial charge in [0, 0.05) is 13.0 Å². The average molecular weight is 277 g/mol. The fourth-order valence-corrected chi connectivity index (χ4v) is 2.36. The van der Waals surface area contributed by atoms with E-state index in [1.54, 1.807) is 0 Å². The third kappa shape index (κ3) is 2.99. The first kappa shape index (κ1) is 14.5. The maximum atomic E-state index is 12.1. The minimum atomic E-state index is -1.27. The Bertz CT molecular complexity index is 533. The van der Waals surface area contributed by atoms with Gasteiger partial charge in [0.25, 0.3) is 0 Å². The highest BCUT2D eigenvalue weighted by molar-refractivity contribution is 5.88. The molecular formula is C15H19NO4. The molecule has 0 bridgehead atoms. The molecule has 2 rings (SSSR count). The highest BCUT2D eigenvalue weighted by atomic mass is 16.5. The van der Waals surface area contributed by atoms with E-state index in [0.29, 0.717) is 13.0 Å². The third-order valence-corrected chi connectivity index (χ3v) is 3.67. The van der Waals surface area contributed by atoms with Crippen LogP contribution in [0.2, 0.25) is 0 Å². The molecule has 5 heteroatoms. The lowest BCUT2D eigenvalue weighted by Crippen LogP contribution is -2.55. The zero-order valence-corrected chi connectivity index (χ0v) is 11.7. The van der Waals surface area contributed by atoms with E-state index in [4.69, 9.17) is 4.74 Å². The lowest BCUT2D eigenvalue weighted by molar-refractivity contribution is -0.147.